The second-order valence-electron chi connectivity index (χ2n) is 5.58. The van der Waals surface area contributed by atoms with Gasteiger partial charge in [0.15, 0.2) is 0 Å². The van der Waals surface area contributed by atoms with Crippen LogP contribution in [0.5, 0.6) is 5.75 Å². The summed E-state index contributed by atoms with van der Waals surface area (Å²) in [5.41, 5.74) is 4.00. The van der Waals surface area contributed by atoms with Crippen LogP contribution in [0.15, 0.2) is 54.6 Å². The summed E-state index contributed by atoms with van der Waals surface area (Å²) in [6.07, 6.45) is 5.07. The summed E-state index contributed by atoms with van der Waals surface area (Å²) in [6.45, 7) is 2.03. The van der Waals surface area contributed by atoms with E-state index in [2.05, 4.69) is 43.3 Å². The topological polar surface area (TPSA) is 40.5 Å². The molecular weight excluding hydrogens is 316 g/mol. The van der Waals surface area contributed by atoms with E-state index in [9.17, 15) is 5.11 Å². The quantitative estimate of drug-likeness (QED) is 0.660. The molecular formula is C21H20O2S. The standard InChI is InChI=1S/C21H20O2S/c1-2-21-19(16-6-4-3-5-7-16)13-18(24-21)11-9-15-8-10-17(14-22)20(23)12-15/h3-13,22-23H,2,14H2,1H3. The van der Waals surface area contributed by atoms with Crippen LogP contribution < -0.4 is 0 Å². The van der Waals surface area contributed by atoms with Crippen molar-refractivity contribution in [2.75, 3.05) is 0 Å². The molecule has 0 spiro atoms. The molecule has 2 aromatic carbocycles. The summed E-state index contributed by atoms with van der Waals surface area (Å²) in [5.74, 6) is 0.130. The zero-order chi connectivity index (χ0) is 16.9. The molecule has 3 rings (SSSR count). The SMILES string of the molecule is CCc1sc(C=Cc2ccc(CO)c(O)c2)cc1-c1ccccc1. The van der Waals surface area contributed by atoms with Crippen LogP contribution in [-0.2, 0) is 13.0 Å². The second-order valence-corrected chi connectivity index (χ2v) is 6.75. The molecule has 0 amide bonds. The second kappa shape index (κ2) is 7.47. The average molecular weight is 336 g/mol. The number of phenols is 1. The number of hydrogen-bond acceptors (Lipinski definition) is 3. The van der Waals surface area contributed by atoms with E-state index >= 15 is 0 Å². The van der Waals surface area contributed by atoms with E-state index in [0.29, 0.717) is 5.56 Å². The first kappa shape index (κ1) is 16.5. The van der Waals surface area contributed by atoms with Gasteiger partial charge in [0.1, 0.15) is 5.75 Å². The molecule has 0 unspecified atom stereocenters. The van der Waals surface area contributed by atoms with E-state index in [4.69, 9.17) is 5.11 Å². The molecule has 1 heterocycles. The van der Waals surface area contributed by atoms with Crippen molar-refractivity contribution in [1.82, 2.24) is 0 Å². The summed E-state index contributed by atoms with van der Waals surface area (Å²) in [5, 5.41) is 18.9. The molecule has 0 bridgehead atoms. The first-order valence-electron chi connectivity index (χ1n) is 8.00. The van der Waals surface area contributed by atoms with E-state index < -0.39 is 0 Å². The number of benzene rings is 2. The maximum atomic E-state index is 9.83. The fourth-order valence-electron chi connectivity index (χ4n) is 2.65. The fourth-order valence-corrected chi connectivity index (χ4v) is 3.68. The summed E-state index contributed by atoms with van der Waals surface area (Å²) < 4.78 is 0. The van der Waals surface area contributed by atoms with Gasteiger partial charge in [-0.05, 0) is 41.3 Å². The third kappa shape index (κ3) is 3.58. The Hall–Kier alpha value is -2.36. The van der Waals surface area contributed by atoms with Gasteiger partial charge >= 0.3 is 0 Å². The molecule has 0 aliphatic carbocycles. The van der Waals surface area contributed by atoms with Crippen LogP contribution >= 0.6 is 11.3 Å². The van der Waals surface area contributed by atoms with E-state index in [1.54, 1.807) is 23.5 Å². The molecule has 0 radical (unpaired) electrons. The first-order chi connectivity index (χ1) is 11.7. The summed E-state index contributed by atoms with van der Waals surface area (Å²) in [6, 6.07) is 18.0. The van der Waals surface area contributed by atoms with Crippen molar-refractivity contribution in [3.63, 3.8) is 0 Å². The highest BCUT2D eigenvalue weighted by Crippen LogP contribution is 2.33. The highest BCUT2D eigenvalue weighted by molar-refractivity contribution is 7.13. The number of aryl methyl sites for hydroxylation is 1. The molecule has 0 aliphatic rings. The molecule has 24 heavy (non-hydrogen) atoms. The van der Waals surface area contributed by atoms with Gasteiger partial charge in [-0.1, -0.05) is 55.5 Å². The van der Waals surface area contributed by atoms with Crippen LogP contribution in [-0.4, -0.2) is 10.2 Å². The van der Waals surface area contributed by atoms with Crippen LogP contribution in [0.25, 0.3) is 23.3 Å². The van der Waals surface area contributed by atoms with Gasteiger partial charge < -0.3 is 10.2 Å². The van der Waals surface area contributed by atoms with Gasteiger partial charge in [-0.25, -0.2) is 0 Å². The maximum absolute atomic E-state index is 9.83. The molecule has 0 atom stereocenters. The van der Waals surface area contributed by atoms with Crippen LogP contribution in [0.3, 0.4) is 0 Å². The molecule has 1 aromatic heterocycles. The summed E-state index contributed by atoms with van der Waals surface area (Å²) in [4.78, 5) is 2.57. The average Bonchev–Trinajstić information content (AvgIpc) is 3.04. The Morgan fingerprint density at radius 1 is 1.00 bits per heavy atom. The highest BCUT2D eigenvalue weighted by atomic mass is 32.1. The molecule has 0 saturated carbocycles. The molecule has 0 fully saturated rings. The van der Waals surface area contributed by atoms with Gasteiger partial charge in [0.2, 0.25) is 0 Å². The monoisotopic (exact) mass is 336 g/mol. The van der Waals surface area contributed by atoms with Crippen molar-refractivity contribution in [1.29, 1.82) is 0 Å². The zero-order valence-electron chi connectivity index (χ0n) is 13.6. The number of aliphatic hydroxyl groups is 1. The summed E-state index contributed by atoms with van der Waals surface area (Å²) >= 11 is 1.80. The first-order valence-corrected chi connectivity index (χ1v) is 8.82. The lowest BCUT2D eigenvalue weighted by atomic mass is 10.1. The molecule has 2 N–H and O–H groups in total. The van der Waals surface area contributed by atoms with Gasteiger partial charge in [0.25, 0.3) is 0 Å². The lowest BCUT2D eigenvalue weighted by Crippen LogP contribution is -1.84. The zero-order valence-corrected chi connectivity index (χ0v) is 14.4. The Balaban J connectivity index is 1.88. The fraction of sp³-hybridized carbons (Fsp3) is 0.143. The Morgan fingerprint density at radius 3 is 2.46 bits per heavy atom. The molecule has 3 aromatic rings. The van der Waals surface area contributed by atoms with Gasteiger partial charge in [-0.3, -0.25) is 0 Å². The van der Waals surface area contributed by atoms with Crippen LogP contribution in [0.1, 0.15) is 27.8 Å². The lowest BCUT2D eigenvalue weighted by molar-refractivity contribution is 0.275. The molecule has 122 valence electrons. The van der Waals surface area contributed by atoms with E-state index in [1.165, 1.54) is 20.9 Å². The van der Waals surface area contributed by atoms with E-state index in [-0.39, 0.29) is 12.4 Å². The van der Waals surface area contributed by atoms with Crippen LogP contribution in [0.2, 0.25) is 0 Å². The largest absolute Gasteiger partial charge is 0.508 e. The number of aromatic hydroxyl groups is 1. The van der Waals surface area contributed by atoms with E-state index in [0.717, 1.165) is 12.0 Å². The van der Waals surface area contributed by atoms with Gasteiger partial charge in [-0.15, -0.1) is 11.3 Å². The minimum Gasteiger partial charge on any atom is -0.508 e. The Labute approximate surface area is 146 Å². The van der Waals surface area contributed by atoms with Gasteiger partial charge in [-0.2, -0.15) is 0 Å². The Morgan fingerprint density at radius 2 is 1.79 bits per heavy atom. The van der Waals surface area contributed by atoms with Crippen molar-refractivity contribution >= 4 is 23.5 Å². The van der Waals surface area contributed by atoms with Crippen LogP contribution in [0.4, 0.5) is 0 Å². The predicted molar refractivity (Wildman–Crippen MR) is 102 cm³/mol. The van der Waals surface area contributed by atoms with E-state index in [1.807, 2.05) is 18.2 Å². The summed E-state index contributed by atoms with van der Waals surface area (Å²) in [7, 11) is 0. The number of aliphatic hydroxyl groups excluding tert-OH is 1. The normalized spacial score (nSPS) is 11.2. The smallest absolute Gasteiger partial charge is 0.121 e. The minimum atomic E-state index is -0.152. The maximum Gasteiger partial charge on any atom is 0.121 e. The van der Waals surface area contributed by atoms with Gasteiger partial charge in [0, 0.05) is 15.3 Å². The van der Waals surface area contributed by atoms with Crippen molar-refractivity contribution in [2.45, 2.75) is 20.0 Å². The van der Waals surface area contributed by atoms with Gasteiger partial charge in [0.05, 0.1) is 6.61 Å². The van der Waals surface area contributed by atoms with Crippen molar-refractivity contribution in [3.8, 4) is 16.9 Å². The molecule has 0 saturated heterocycles. The Bertz CT molecular complexity index is 848. The lowest BCUT2D eigenvalue weighted by Gasteiger charge is -2.01. The molecule has 3 heteroatoms. The third-order valence-electron chi connectivity index (χ3n) is 3.95. The molecule has 2 nitrogen and oxygen atoms in total. The van der Waals surface area contributed by atoms with Crippen molar-refractivity contribution < 1.29 is 10.2 Å². The van der Waals surface area contributed by atoms with Crippen molar-refractivity contribution in [3.05, 3.63) is 75.5 Å². The number of thiophene rings is 1. The van der Waals surface area contributed by atoms with Crippen LogP contribution in [0, 0.1) is 0 Å². The molecule has 0 aliphatic heterocycles. The number of hydrogen-bond donors (Lipinski definition) is 2. The number of rotatable bonds is 5. The third-order valence-corrected chi connectivity index (χ3v) is 5.20. The van der Waals surface area contributed by atoms with Crippen molar-refractivity contribution in [2.24, 2.45) is 0 Å². The predicted octanol–water partition coefficient (Wildman–Crippen LogP) is 5.35. The highest BCUT2D eigenvalue weighted by Gasteiger charge is 2.08. The Kier molecular flexibility index (Phi) is 5.14. The minimum absolute atomic E-state index is 0.130.